The van der Waals surface area contributed by atoms with Gasteiger partial charge in [-0.1, -0.05) is 18.1 Å². The van der Waals surface area contributed by atoms with E-state index in [0.717, 1.165) is 6.26 Å². The second kappa shape index (κ2) is 8.67. The molecule has 2 rings (SSSR count). The van der Waals surface area contributed by atoms with Gasteiger partial charge in [0.05, 0.1) is 23.4 Å². The zero-order valence-corrected chi connectivity index (χ0v) is 15.8. The lowest BCUT2D eigenvalue weighted by molar-refractivity contribution is -0.152. The fourth-order valence-electron chi connectivity index (χ4n) is 2.60. The van der Waals surface area contributed by atoms with Crippen LogP contribution in [0.15, 0.2) is 24.3 Å². The molecule has 9 nitrogen and oxygen atoms in total. The Morgan fingerprint density at radius 1 is 1.21 bits per heavy atom. The Kier molecular flexibility index (Phi) is 6.53. The maximum absolute atomic E-state index is 12.6. The number of esters is 1. The van der Waals surface area contributed by atoms with Gasteiger partial charge in [-0.15, -0.1) is 6.42 Å². The molecule has 3 amide bonds. The van der Waals surface area contributed by atoms with Crippen LogP contribution in [0.5, 0.6) is 0 Å². The monoisotopic (exact) mass is 406 g/mol. The highest BCUT2D eigenvalue weighted by Gasteiger charge is 2.43. The second-order valence-electron chi connectivity index (χ2n) is 6.05. The Morgan fingerprint density at radius 2 is 1.79 bits per heavy atom. The number of hydrogen-bond donors (Lipinski definition) is 1. The summed E-state index contributed by atoms with van der Waals surface area (Å²) >= 11 is 0. The highest BCUT2D eigenvalue weighted by molar-refractivity contribution is 7.90. The van der Waals surface area contributed by atoms with Crippen molar-refractivity contribution in [1.29, 1.82) is 0 Å². The Bertz CT molecular complexity index is 927. The molecule has 0 bridgehead atoms. The molecule has 10 heteroatoms. The molecule has 1 aromatic rings. The summed E-state index contributed by atoms with van der Waals surface area (Å²) < 4.78 is 27.9. The average Bonchev–Trinajstić information content (AvgIpc) is 2.89. The first-order valence-corrected chi connectivity index (χ1v) is 10.2. The van der Waals surface area contributed by atoms with Gasteiger partial charge in [0.25, 0.3) is 17.7 Å². The van der Waals surface area contributed by atoms with Crippen LogP contribution in [-0.4, -0.2) is 68.2 Å². The summed E-state index contributed by atoms with van der Waals surface area (Å²) in [4.78, 5) is 49.9. The van der Waals surface area contributed by atoms with Crippen molar-refractivity contribution in [1.82, 2.24) is 10.2 Å². The first-order chi connectivity index (χ1) is 13.2. The van der Waals surface area contributed by atoms with E-state index in [-0.39, 0.29) is 24.1 Å². The maximum Gasteiger partial charge on any atom is 0.329 e. The molecular formula is C18H18N2O7S. The normalized spacial score (nSPS) is 14.2. The van der Waals surface area contributed by atoms with Gasteiger partial charge in [0.15, 0.2) is 6.61 Å². The van der Waals surface area contributed by atoms with Crippen LogP contribution in [-0.2, 0) is 24.2 Å². The third kappa shape index (κ3) is 4.95. The molecule has 0 aliphatic carbocycles. The number of terminal acetylenes is 1. The van der Waals surface area contributed by atoms with E-state index in [1.807, 2.05) is 0 Å². The maximum atomic E-state index is 12.6. The van der Waals surface area contributed by atoms with E-state index in [9.17, 15) is 27.6 Å². The summed E-state index contributed by atoms with van der Waals surface area (Å²) in [5.41, 5.74) is 0.216. The third-order valence-electron chi connectivity index (χ3n) is 3.90. The third-order valence-corrected chi connectivity index (χ3v) is 4.88. The van der Waals surface area contributed by atoms with E-state index in [2.05, 4.69) is 11.2 Å². The topological polar surface area (TPSA) is 127 Å². The molecule has 0 saturated heterocycles. The van der Waals surface area contributed by atoms with Gasteiger partial charge < -0.3 is 10.1 Å². The number of fused-ring (bicyclic) bond motifs is 1. The lowest BCUT2D eigenvalue weighted by Crippen LogP contribution is -2.47. The summed E-state index contributed by atoms with van der Waals surface area (Å²) in [5.74, 6) is -1.47. The highest BCUT2D eigenvalue weighted by atomic mass is 32.2. The number of ether oxygens (including phenoxy) is 1. The van der Waals surface area contributed by atoms with E-state index in [4.69, 9.17) is 11.2 Å². The molecule has 0 saturated carbocycles. The van der Waals surface area contributed by atoms with Crippen molar-refractivity contribution in [3.05, 3.63) is 35.4 Å². The van der Waals surface area contributed by atoms with E-state index in [1.54, 1.807) is 12.1 Å². The number of imide groups is 1. The van der Waals surface area contributed by atoms with Gasteiger partial charge in [-0.05, 0) is 18.6 Å². The van der Waals surface area contributed by atoms with Crippen molar-refractivity contribution >= 4 is 33.5 Å². The first-order valence-electron chi connectivity index (χ1n) is 8.17. The number of carbonyl (C=O) groups is 4. The van der Waals surface area contributed by atoms with Crippen molar-refractivity contribution in [2.45, 2.75) is 12.5 Å². The van der Waals surface area contributed by atoms with Crippen molar-refractivity contribution in [2.75, 3.05) is 25.2 Å². The fourth-order valence-corrected chi connectivity index (χ4v) is 3.25. The van der Waals surface area contributed by atoms with Crippen LogP contribution in [0.1, 0.15) is 27.1 Å². The summed E-state index contributed by atoms with van der Waals surface area (Å²) in [6, 6.07) is 4.51. The number of nitrogens with zero attached hydrogens (tertiary/aromatic N) is 1. The minimum Gasteiger partial charge on any atom is -0.454 e. The highest BCUT2D eigenvalue weighted by Crippen LogP contribution is 2.26. The smallest absolute Gasteiger partial charge is 0.329 e. The van der Waals surface area contributed by atoms with Crippen LogP contribution < -0.4 is 5.32 Å². The lowest BCUT2D eigenvalue weighted by atomic mass is 10.1. The van der Waals surface area contributed by atoms with Gasteiger partial charge in [0.2, 0.25) is 0 Å². The van der Waals surface area contributed by atoms with Gasteiger partial charge in [-0.2, -0.15) is 0 Å². The molecule has 1 N–H and O–H groups in total. The predicted octanol–water partition coefficient (Wildman–Crippen LogP) is -0.621. The van der Waals surface area contributed by atoms with Crippen LogP contribution >= 0.6 is 0 Å². The minimum atomic E-state index is -3.49. The summed E-state index contributed by atoms with van der Waals surface area (Å²) in [7, 11) is -3.49. The van der Waals surface area contributed by atoms with Crippen LogP contribution in [0.3, 0.4) is 0 Å². The standard InChI is InChI=1S/C18H18N2O7S/c1-3-9-19-15(21)11-27-18(24)14(8-10-28(2,25)26)20-16(22)12-6-4-5-7-13(12)17(20)23/h1,4-7,14H,8-11H2,2H3,(H,19,21)/t14-/m1/s1. The second-order valence-corrected chi connectivity index (χ2v) is 8.31. The van der Waals surface area contributed by atoms with Crippen molar-refractivity contribution in [2.24, 2.45) is 0 Å². The van der Waals surface area contributed by atoms with Crippen LogP contribution in [0.4, 0.5) is 0 Å². The molecule has 1 aliphatic rings. The Morgan fingerprint density at radius 3 is 2.29 bits per heavy atom. The first kappa shape index (κ1) is 21.1. The Hall–Kier alpha value is -3.19. The quantitative estimate of drug-likeness (QED) is 0.346. The zero-order valence-electron chi connectivity index (χ0n) is 15.0. The van der Waals surface area contributed by atoms with Crippen molar-refractivity contribution < 1.29 is 32.3 Å². The molecule has 1 atom stereocenters. The molecular weight excluding hydrogens is 388 g/mol. The summed E-state index contributed by atoms with van der Waals surface area (Å²) in [5, 5.41) is 2.29. The molecule has 1 heterocycles. The Labute approximate surface area is 161 Å². The molecule has 0 spiro atoms. The van der Waals surface area contributed by atoms with E-state index in [0.29, 0.717) is 4.90 Å². The van der Waals surface area contributed by atoms with Crippen LogP contribution in [0, 0.1) is 12.3 Å². The Balaban J connectivity index is 2.22. The molecule has 0 radical (unpaired) electrons. The summed E-state index contributed by atoms with van der Waals surface area (Å²) in [6.45, 7) is -0.745. The molecule has 0 unspecified atom stereocenters. The molecule has 1 aromatic carbocycles. The minimum absolute atomic E-state index is 0.0632. The van der Waals surface area contributed by atoms with Gasteiger partial charge in [0.1, 0.15) is 15.9 Å². The van der Waals surface area contributed by atoms with E-state index >= 15 is 0 Å². The van der Waals surface area contributed by atoms with Crippen molar-refractivity contribution in [3.63, 3.8) is 0 Å². The van der Waals surface area contributed by atoms with Gasteiger partial charge in [-0.25, -0.2) is 13.2 Å². The summed E-state index contributed by atoms with van der Waals surface area (Å²) in [6.07, 6.45) is 5.62. The molecule has 1 aliphatic heterocycles. The zero-order chi connectivity index (χ0) is 20.9. The molecule has 0 fully saturated rings. The van der Waals surface area contributed by atoms with Gasteiger partial charge in [-0.3, -0.25) is 19.3 Å². The number of amides is 3. The molecule has 28 heavy (non-hydrogen) atoms. The van der Waals surface area contributed by atoms with E-state index in [1.165, 1.54) is 12.1 Å². The fraction of sp³-hybridized carbons (Fsp3) is 0.333. The van der Waals surface area contributed by atoms with Crippen molar-refractivity contribution in [3.8, 4) is 12.3 Å². The van der Waals surface area contributed by atoms with Gasteiger partial charge >= 0.3 is 5.97 Å². The molecule has 0 aromatic heterocycles. The number of hydrogen-bond acceptors (Lipinski definition) is 7. The number of nitrogens with one attached hydrogen (secondary N) is 1. The largest absolute Gasteiger partial charge is 0.454 e. The van der Waals surface area contributed by atoms with Gasteiger partial charge in [0, 0.05) is 6.26 Å². The number of benzene rings is 1. The van der Waals surface area contributed by atoms with E-state index < -0.39 is 51.9 Å². The lowest BCUT2D eigenvalue weighted by Gasteiger charge is -2.24. The average molecular weight is 406 g/mol. The predicted molar refractivity (Wildman–Crippen MR) is 97.9 cm³/mol. The number of sulfone groups is 1. The van der Waals surface area contributed by atoms with Crippen LogP contribution in [0.2, 0.25) is 0 Å². The SMILES string of the molecule is C#CCNC(=O)COC(=O)[C@@H](CCS(C)(=O)=O)N1C(=O)c2ccccc2C1=O. The number of rotatable bonds is 8. The molecule has 148 valence electrons. The number of carbonyl (C=O) groups excluding carboxylic acids is 4. The van der Waals surface area contributed by atoms with Crippen LogP contribution in [0.25, 0.3) is 0 Å².